The number of benzene rings is 1. The number of amides is 2. The first kappa shape index (κ1) is 18.5. The summed E-state index contributed by atoms with van der Waals surface area (Å²) in [4.78, 5) is 26.7. The van der Waals surface area contributed by atoms with Crippen LogP contribution in [0, 0.1) is 0 Å². The third-order valence-corrected chi connectivity index (χ3v) is 4.83. The minimum Gasteiger partial charge on any atom is -0.495 e. The van der Waals surface area contributed by atoms with Crippen molar-refractivity contribution in [1.82, 2.24) is 5.32 Å². The van der Waals surface area contributed by atoms with Crippen LogP contribution in [0.1, 0.15) is 32.1 Å². The topological polar surface area (TPSA) is 84.7 Å². The highest BCUT2D eigenvalue weighted by molar-refractivity contribution is 6.03. The number of methoxy groups -OCH3 is 1. The molecule has 24 heavy (non-hydrogen) atoms. The van der Waals surface area contributed by atoms with Gasteiger partial charge in [0.05, 0.1) is 18.3 Å². The highest BCUT2D eigenvalue weighted by atomic mass is 35.5. The number of halogens is 1. The second-order valence-electron chi connectivity index (χ2n) is 6.34. The maximum absolute atomic E-state index is 12.6. The smallest absolute Gasteiger partial charge is 0.249 e. The molecule has 0 bridgehead atoms. The molecule has 1 aliphatic heterocycles. The zero-order chi connectivity index (χ0) is 16.4. The Morgan fingerprint density at radius 3 is 2.67 bits per heavy atom. The van der Waals surface area contributed by atoms with Crippen LogP contribution in [-0.4, -0.2) is 37.0 Å². The van der Waals surface area contributed by atoms with Gasteiger partial charge in [-0.15, -0.1) is 12.4 Å². The van der Waals surface area contributed by atoms with Gasteiger partial charge in [-0.25, -0.2) is 0 Å². The number of anilines is 1. The summed E-state index contributed by atoms with van der Waals surface area (Å²) in [5.74, 6) is 0.346. The fourth-order valence-corrected chi connectivity index (χ4v) is 3.44. The van der Waals surface area contributed by atoms with Gasteiger partial charge < -0.3 is 20.7 Å². The Hall–Kier alpha value is -1.79. The lowest BCUT2D eigenvalue weighted by Crippen LogP contribution is -2.55. The third-order valence-electron chi connectivity index (χ3n) is 4.83. The Bertz CT molecular complexity index is 617. The van der Waals surface area contributed by atoms with Crippen molar-refractivity contribution in [3.05, 3.63) is 24.3 Å². The van der Waals surface area contributed by atoms with Gasteiger partial charge in [0.25, 0.3) is 0 Å². The van der Waals surface area contributed by atoms with Crippen LogP contribution in [0.25, 0.3) is 0 Å². The summed E-state index contributed by atoms with van der Waals surface area (Å²) in [6, 6.07) is 6.89. The predicted octanol–water partition coefficient (Wildman–Crippen LogP) is 1.61. The standard InChI is InChI=1S/C17H23N3O3.ClH/c1-23-14-7-3-2-6-13(14)20-11-8-12(15(20)21)19-16(22)17(18)9-4-5-10-17;/h2-3,6-7,12H,4-5,8-11,18H2,1H3,(H,19,22);1H. The van der Waals surface area contributed by atoms with Crippen LogP contribution in [0.5, 0.6) is 5.75 Å². The van der Waals surface area contributed by atoms with Gasteiger partial charge in [-0.05, 0) is 31.4 Å². The molecule has 3 N–H and O–H groups in total. The monoisotopic (exact) mass is 353 g/mol. The van der Waals surface area contributed by atoms with E-state index in [9.17, 15) is 9.59 Å². The van der Waals surface area contributed by atoms with Crippen molar-refractivity contribution >= 4 is 29.9 Å². The molecule has 1 unspecified atom stereocenters. The molecule has 132 valence electrons. The van der Waals surface area contributed by atoms with Gasteiger partial charge in [0.1, 0.15) is 11.8 Å². The second kappa shape index (κ2) is 7.40. The molecule has 1 atom stereocenters. The number of para-hydroxylation sites is 2. The molecule has 1 saturated carbocycles. The summed E-state index contributed by atoms with van der Waals surface area (Å²) in [5.41, 5.74) is 6.09. The van der Waals surface area contributed by atoms with Crippen molar-refractivity contribution in [2.75, 3.05) is 18.6 Å². The molecule has 1 saturated heterocycles. The number of hydrogen-bond acceptors (Lipinski definition) is 4. The van der Waals surface area contributed by atoms with Crippen LogP contribution < -0.4 is 20.7 Å². The molecule has 1 aromatic rings. The molecule has 7 heteroatoms. The van der Waals surface area contributed by atoms with E-state index in [1.165, 1.54) is 0 Å². The van der Waals surface area contributed by atoms with Gasteiger partial charge in [0.2, 0.25) is 11.8 Å². The molecule has 1 aliphatic carbocycles. The molecular weight excluding hydrogens is 330 g/mol. The summed E-state index contributed by atoms with van der Waals surface area (Å²) >= 11 is 0. The zero-order valence-electron chi connectivity index (χ0n) is 13.8. The van der Waals surface area contributed by atoms with E-state index in [2.05, 4.69) is 5.32 Å². The van der Waals surface area contributed by atoms with Gasteiger partial charge >= 0.3 is 0 Å². The van der Waals surface area contributed by atoms with Crippen molar-refractivity contribution < 1.29 is 14.3 Å². The van der Waals surface area contributed by atoms with Gasteiger partial charge in [-0.2, -0.15) is 0 Å². The number of carbonyl (C=O) groups is 2. The highest BCUT2D eigenvalue weighted by Gasteiger charge is 2.41. The summed E-state index contributed by atoms with van der Waals surface area (Å²) in [7, 11) is 1.58. The quantitative estimate of drug-likeness (QED) is 0.861. The van der Waals surface area contributed by atoms with E-state index in [4.69, 9.17) is 10.5 Å². The largest absolute Gasteiger partial charge is 0.495 e. The van der Waals surface area contributed by atoms with E-state index in [0.29, 0.717) is 31.6 Å². The number of hydrogen-bond donors (Lipinski definition) is 2. The van der Waals surface area contributed by atoms with E-state index in [0.717, 1.165) is 18.5 Å². The molecule has 0 aromatic heterocycles. The number of carbonyl (C=O) groups excluding carboxylic acids is 2. The Balaban J connectivity index is 0.00000208. The van der Waals surface area contributed by atoms with Crippen LogP contribution in [-0.2, 0) is 9.59 Å². The van der Waals surface area contributed by atoms with Crippen LogP contribution >= 0.6 is 12.4 Å². The van der Waals surface area contributed by atoms with Crippen molar-refractivity contribution in [2.24, 2.45) is 5.73 Å². The van der Waals surface area contributed by atoms with Crippen LogP contribution in [0.3, 0.4) is 0 Å². The summed E-state index contributed by atoms with van der Waals surface area (Å²) in [6.07, 6.45) is 3.90. The Labute approximate surface area is 148 Å². The van der Waals surface area contributed by atoms with E-state index < -0.39 is 11.6 Å². The first-order chi connectivity index (χ1) is 11.0. The Morgan fingerprint density at radius 1 is 1.33 bits per heavy atom. The first-order valence-electron chi connectivity index (χ1n) is 8.09. The van der Waals surface area contributed by atoms with E-state index in [1.54, 1.807) is 12.0 Å². The molecule has 0 radical (unpaired) electrons. The molecule has 2 amide bonds. The third kappa shape index (κ3) is 3.35. The summed E-state index contributed by atoms with van der Waals surface area (Å²) in [6.45, 7) is 0.557. The number of nitrogens with one attached hydrogen (secondary N) is 1. The van der Waals surface area contributed by atoms with Gasteiger partial charge in [-0.3, -0.25) is 9.59 Å². The maximum Gasteiger partial charge on any atom is 0.249 e. The maximum atomic E-state index is 12.6. The molecule has 2 fully saturated rings. The van der Waals surface area contributed by atoms with Crippen LogP contribution in [0.4, 0.5) is 5.69 Å². The fraction of sp³-hybridized carbons (Fsp3) is 0.529. The minimum absolute atomic E-state index is 0. The molecule has 6 nitrogen and oxygen atoms in total. The molecule has 2 aliphatic rings. The molecule has 3 rings (SSSR count). The average Bonchev–Trinajstić information content (AvgIpc) is 3.15. The second-order valence-corrected chi connectivity index (χ2v) is 6.34. The van der Waals surface area contributed by atoms with Crippen LogP contribution in [0.15, 0.2) is 24.3 Å². The molecule has 0 spiro atoms. The number of ether oxygens (including phenoxy) is 1. The average molecular weight is 354 g/mol. The van der Waals surface area contributed by atoms with Gasteiger partial charge in [0, 0.05) is 6.54 Å². The number of nitrogens with two attached hydrogens (primary N) is 1. The highest BCUT2D eigenvalue weighted by Crippen LogP contribution is 2.32. The van der Waals surface area contributed by atoms with Crippen molar-refractivity contribution in [2.45, 2.75) is 43.7 Å². The Kier molecular flexibility index (Phi) is 5.72. The van der Waals surface area contributed by atoms with Crippen molar-refractivity contribution in [1.29, 1.82) is 0 Å². The predicted molar refractivity (Wildman–Crippen MR) is 94.5 cm³/mol. The Morgan fingerprint density at radius 2 is 2.00 bits per heavy atom. The fourth-order valence-electron chi connectivity index (χ4n) is 3.44. The lowest BCUT2D eigenvalue weighted by Gasteiger charge is -2.25. The van der Waals surface area contributed by atoms with Gasteiger partial charge in [-0.1, -0.05) is 25.0 Å². The first-order valence-corrected chi connectivity index (χ1v) is 8.09. The number of nitrogens with zero attached hydrogens (tertiary/aromatic N) is 1. The van der Waals surface area contributed by atoms with E-state index >= 15 is 0 Å². The van der Waals surface area contributed by atoms with E-state index in [1.807, 2.05) is 24.3 Å². The SMILES string of the molecule is COc1ccccc1N1CCC(NC(=O)C2(N)CCCC2)C1=O.Cl. The van der Waals surface area contributed by atoms with Crippen molar-refractivity contribution in [3.8, 4) is 5.75 Å². The summed E-state index contributed by atoms with van der Waals surface area (Å²) < 4.78 is 5.32. The van der Waals surface area contributed by atoms with Crippen LogP contribution in [0.2, 0.25) is 0 Å². The molecular formula is C17H24ClN3O3. The number of rotatable bonds is 4. The van der Waals surface area contributed by atoms with E-state index in [-0.39, 0.29) is 24.2 Å². The minimum atomic E-state index is -0.807. The zero-order valence-corrected chi connectivity index (χ0v) is 14.6. The summed E-state index contributed by atoms with van der Waals surface area (Å²) in [5, 5.41) is 2.85. The van der Waals surface area contributed by atoms with Crippen molar-refractivity contribution in [3.63, 3.8) is 0 Å². The van der Waals surface area contributed by atoms with Gasteiger partial charge in [0.15, 0.2) is 0 Å². The molecule has 1 aromatic carbocycles. The normalized spacial score (nSPS) is 22.2. The lowest BCUT2D eigenvalue weighted by molar-refractivity contribution is -0.130. The molecule has 1 heterocycles. The lowest BCUT2D eigenvalue weighted by atomic mass is 9.97.